The Morgan fingerprint density at radius 2 is 2.12 bits per heavy atom. The SMILES string of the molecule is COC(=O)c1ccsc1N1CC[C@@H](N2CC[C@H](S(N)(=O)=O)C2)C1=O. The summed E-state index contributed by atoms with van der Waals surface area (Å²) in [6.07, 6.45) is 1.03. The Hall–Kier alpha value is -1.49. The second-order valence-electron chi connectivity index (χ2n) is 5.92. The molecule has 0 aromatic carbocycles. The Labute approximate surface area is 144 Å². The number of amides is 1. The number of likely N-dealkylation sites (tertiary alicyclic amines) is 1. The number of rotatable bonds is 4. The number of esters is 1. The van der Waals surface area contributed by atoms with Crippen molar-refractivity contribution in [2.24, 2.45) is 5.14 Å². The Bertz CT molecular complexity index is 760. The van der Waals surface area contributed by atoms with Crippen molar-refractivity contribution in [3.05, 3.63) is 17.0 Å². The van der Waals surface area contributed by atoms with E-state index < -0.39 is 21.2 Å². The van der Waals surface area contributed by atoms with Crippen molar-refractivity contribution in [1.29, 1.82) is 0 Å². The van der Waals surface area contributed by atoms with Crippen LogP contribution in [0.1, 0.15) is 23.2 Å². The van der Waals surface area contributed by atoms with Crippen molar-refractivity contribution in [1.82, 2.24) is 4.90 Å². The number of nitrogens with two attached hydrogens (primary N) is 1. The van der Waals surface area contributed by atoms with Gasteiger partial charge in [0.15, 0.2) is 0 Å². The maximum absolute atomic E-state index is 12.8. The Kier molecular flexibility index (Phi) is 4.65. The van der Waals surface area contributed by atoms with Gasteiger partial charge >= 0.3 is 5.97 Å². The van der Waals surface area contributed by atoms with Crippen LogP contribution in [0.3, 0.4) is 0 Å². The molecule has 2 aliphatic rings. The number of anilines is 1. The Morgan fingerprint density at radius 3 is 2.75 bits per heavy atom. The molecule has 0 bridgehead atoms. The molecule has 0 aliphatic carbocycles. The summed E-state index contributed by atoms with van der Waals surface area (Å²) in [5, 5.41) is 6.92. The molecule has 8 nitrogen and oxygen atoms in total. The number of sulfonamides is 1. The average Bonchev–Trinajstić information content (AvgIpc) is 3.23. The first-order valence-electron chi connectivity index (χ1n) is 7.55. The minimum Gasteiger partial charge on any atom is -0.465 e. The molecule has 1 amide bonds. The summed E-state index contributed by atoms with van der Waals surface area (Å²) in [6.45, 7) is 1.29. The average molecular weight is 373 g/mol. The number of nitrogens with zero attached hydrogens (tertiary/aromatic N) is 2. The first-order chi connectivity index (χ1) is 11.3. The Balaban J connectivity index is 1.75. The van der Waals surface area contributed by atoms with E-state index in [9.17, 15) is 18.0 Å². The molecule has 2 fully saturated rings. The second-order valence-corrected chi connectivity index (χ2v) is 8.66. The summed E-state index contributed by atoms with van der Waals surface area (Å²) < 4.78 is 27.7. The standard InChI is InChI=1S/C14H19N3O5S2/c1-22-14(19)10-4-7-23-13(10)17-6-3-11(12(17)18)16-5-2-9(8-16)24(15,20)21/h4,7,9,11H,2-3,5-6,8H2,1H3,(H2,15,20,21)/t9-,11+/m0/s1. The quantitative estimate of drug-likeness (QED) is 0.744. The molecule has 0 radical (unpaired) electrons. The molecule has 2 N–H and O–H groups in total. The van der Waals surface area contributed by atoms with E-state index in [4.69, 9.17) is 9.88 Å². The zero-order valence-electron chi connectivity index (χ0n) is 13.2. The summed E-state index contributed by atoms with van der Waals surface area (Å²) in [7, 11) is -2.28. The summed E-state index contributed by atoms with van der Waals surface area (Å²) in [4.78, 5) is 28.0. The highest BCUT2D eigenvalue weighted by atomic mass is 32.2. The normalized spacial score (nSPS) is 25.4. The molecule has 24 heavy (non-hydrogen) atoms. The highest BCUT2D eigenvalue weighted by Crippen LogP contribution is 2.34. The molecule has 1 aromatic heterocycles. The molecule has 2 atom stereocenters. The molecule has 2 aliphatic heterocycles. The monoisotopic (exact) mass is 373 g/mol. The predicted octanol–water partition coefficient (Wildman–Crippen LogP) is 0.00280. The summed E-state index contributed by atoms with van der Waals surface area (Å²) in [5.74, 6) is -0.587. The maximum atomic E-state index is 12.8. The van der Waals surface area contributed by atoms with Gasteiger partial charge in [-0.25, -0.2) is 18.4 Å². The van der Waals surface area contributed by atoms with Crippen LogP contribution in [0.25, 0.3) is 0 Å². The van der Waals surface area contributed by atoms with Crippen molar-refractivity contribution in [2.45, 2.75) is 24.1 Å². The van der Waals surface area contributed by atoms with E-state index in [1.54, 1.807) is 16.3 Å². The van der Waals surface area contributed by atoms with Gasteiger partial charge in [-0.2, -0.15) is 0 Å². The number of ether oxygens (including phenoxy) is 1. The van der Waals surface area contributed by atoms with Gasteiger partial charge in [0.1, 0.15) is 5.00 Å². The lowest BCUT2D eigenvalue weighted by Gasteiger charge is -2.23. The number of hydrogen-bond acceptors (Lipinski definition) is 7. The van der Waals surface area contributed by atoms with Crippen LogP contribution in [0.2, 0.25) is 0 Å². The molecule has 2 saturated heterocycles. The van der Waals surface area contributed by atoms with Gasteiger partial charge in [0, 0.05) is 19.6 Å². The maximum Gasteiger partial charge on any atom is 0.340 e. The fourth-order valence-electron chi connectivity index (χ4n) is 3.29. The van der Waals surface area contributed by atoms with Crippen molar-refractivity contribution in [2.75, 3.05) is 31.6 Å². The van der Waals surface area contributed by atoms with Crippen LogP contribution in [0.4, 0.5) is 5.00 Å². The fraction of sp³-hybridized carbons (Fsp3) is 0.571. The van der Waals surface area contributed by atoms with Crippen LogP contribution in [0.5, 0.6) is 0 Å². The predicted molar refractivity (Wildman–Crippen MR) is 89.5 cm³/mol. The molecular formula is C14H19N3O5S2. The third-order valence-corrected chi connectivity index (χ3v) is 6.80. The Morgan fingerprint density at radius 1 is 1.38 bits per heavy atom. The summed E-state index contributed by atoms with van der Waals surface area (Å²) in [6, 6.07) is 1.27. The van der Waals surface area contributed by atoms with Crippen LogP contribution in [-0.4, -0.2) is 63.2 Å². The first kappa shape index (κ1) is 17.3. The van der Waals surface area contributed by atoms with Crippen molar-refractivity contribution in [3.8, 4) is 0 Å². The van der Waals surface area contributed by atoms with Gasteiger partial charge in [-0.15, -0.1) is 11.3 Å². The first-order valence-corrected chi connectivity index (χ1v) is 10.0. The van der Waals surface area contributed by atoms with Crippen LogP contribution in [-0.2, 0) is 19.6 Å². The zero-order chi connectivity index (χ0) is 17.5. The van der Waals surface area contributed by atoms with Gasteiger partial charge in [-0.3, -0.25) is 9.69 Å². The number of carbonyl (C=O) groups excluding carboxylic acids is 2. The third kappa shape index (κ3) is 3.06. The lowest BCUT2D eigenvalue weighted by atomic mass is 10.2. The van der Waals surface area contributed by atoms with Gasteiger partial charge < -0.3 is 9.64 Å². The molecule has 10 heteroatoms. The van der Waals surface area contributed by atoms with Gasteiger partial charge in [0.2, 0.25) is 15.9 Å². The van der Waals surface area contributed by atoms with Gasteiger partial charge in [-0.05, 0) is 24.3 Å². The zero-order valence-corrected chi connectivity index (χ0v) is 14.8. The van der Waals surface area contributed by atoms with E-state index in [-0.39, 0.29) is 18.5 Å². The lowest BCUT2D eigenvalue weighted by molar-refractivity contribution is -0.121. The van der Waals surface area contributed by atoms with Crippen LogP contribution in [0, 0.1) is 0 Å². The van der Waals surface area contributed by atoms with Crippen molar-refractivity contribution >= 4 is 38.2 Å². The summed E-state index contributed by atoms with van der Waals surface area (Å²) in [5.41, 5.74) is 0.375. The largest absolute Gasteiger partial charge is 0.465 e. The molecule has 3 rings (SSSR count). The third-order valence-electron chi connectivity index (χ3n) is 4.55. The number of primary sulfonamides is 1. The molecular weight excluding hydrogens is 354 g/mol. The minimum atomic E-state index is -3.59. The summed E-state index contributed by atoms with van der Waals surface area (Å²) >= 11 is 1.31. The molecule has 0 spiro atoms. The van der Waals surface area contributed by atoms with Crippen LogP contribution >= 0.6 is 11.3 Å². The smallest absolute Gasteiger partial charge is 0.340 e. The molecule has 3 heterocycles. The van der Waals surface area contributed by atoms with E-state index >= 15 is 0 Å². The van der Waals surface area contributed by atoms with E-state index in [1.807, 2.05) is 4.90 Å². The van der Waals surface area contributed by atoms with Crippen LogP contribution < -0.4 is 10.0 Å². The van der Waals surface area contributed by atoms with Crippen LogP contribution in [0.15, 0.2) is 11.4 Å². The fourth-order valence-corrected chi connectivity index (χ4v) is 5.04. The van der Waals surface area contributed by atoms with Crippen molar-refractivity contribution in [3.63, 3.8) is 0 Å². The number of methoxy groups -OCH3 is 1. The highest BCUT2D eigenvalue weighted by Gasteiger charge is 2.42. The number of hydrogen-bond donors (Lipinski definition) is 1. The van der Waals surface area contributed by atoms with Gasteiger partial charge in [0.05, 0.1) is 24.0 Å². The molecule has 0 saturated carbocycles. The molecule has 132 valence electrons. The lowest BCUT2D eigenvalue weighted by Crippen LogP contribution is -2.42. The van der Waals surface area contributed by atoms with Gasteiger partial charge in [-0.1, -0.05) is 0 Å². The second kappa shape index (κ2) is 6.43. The highest BCUT2D eigenvalue weighted by molar-refractivity contribution is 7.89. The van der Waals surface area contributed by atoms with E-state index in [2.05, 4.69) is 0 Å². The molecule has 1 aromatic rings. The minimum absolute atomic E-state index is 0.113. The topological polar surface area (TPSA) is 110 Å². The number of carbonyl (C=O) groups is 2. The molecule has 0 unspecified atom stereocenters. The van der Waals surface area contributed by atoms with E-state index in [0.29, 0.717) is 36.5 Å². The number of thiophene rings is 1. The van der Waals surface area contributed by atoms with E-state index in [1.165, 1.54) is 18.4 Å². The van der Waals surface area contributed by atoms with E-state index in [0.717, 1.165) is 0 Å². The van der Waals surface area contributed by atoms with Gasteiger partial charge in [0.25, 0.3) is 0 Å². The van der Waals surface area contributed by atoms with Crippen molar-refractivity contribution < 1.29 is 22.7 Å².